The van der Waals surface area contributed by atoms with Crippen molar-refractivity contribution in [3.8, 4) is 11.5 Å². The number of hydrogen-bond donors (Lipinski definition) is 0. The number of cyclic esters (lactones) is 1. The number of carbonyl (C=O) groups is 1. The van der Waals surface area contributed by atoms with Crippen molar-refractivity contribution in [3.63, 3.8) is 0 Å². The fourth-order valence-electron chi connectivity index (χ4n) is 6.63. The highest BCUT2D eigenvalue weighted by atomic mass is 35.5. The largest absolute Gasteiger partial charge is 0.491 e. The van der Waals surface area contributed by atoms with E-state index in [0.717, 1.165) is 56.3 Å². The Labute approximate surface area is 349 Å². The Morgan fingerprint density at radius 2 is 0.893 bits per heavy atom. The third-order valence-corrected chi connectivity index (χ3v) is 11.1. The van der Waals surface area contributed by atoms with Gasteiger partial charge in [0.1, 0.15) is 11.5 Å². The van der Waals surface area contributed by atoms with E-state index in [4.69, 9.17) is 60.6 Å². The number of rotatable bonds is 12. The van der Waals surface area contributed by atoms with Crippen LogP contribution in [0.15, 0.2) is 109 Å². The van der Waals surface area contributed by atoms with Crippen LogP contribution in [-0.2, 0) is 10.3 Å². The van der Waals surface area contributed by atoms with E-state index in [1.165, 1.54) is 0 Å². The molecule has 6 rings (SSSR count). The highest BCUT2D eigenvalue weighted by Crippen LogP contribution is 2.53. The van der Waals surface area contributed by atoms with Gasteiger partial charge in [0.05, 0.1) is 37.9 Å². The SMILES string of the molecule is CC(C)Oc1ccc(C(=CC2(C=C(c3ccc(OC(C)C)cc3)c3ccc(N(C)C)cc3)OC(=O)c3c(Cl)c(Cl)c(Cl)c(Cl)c32)c2ccc(N(C)C)cc2)cc1. The first-order valence-corrected chi connectivity index (χ1v) is 19.7. The molecule has 0 aliphatic carbocycles. The molecule has 0 atom stereocenters. The standard InChI is InChI=1S/C46H44Cl4N2O4/c1-27(2)54-35-21-13-31(14-22-35)37(29-9-17-33(18-10-29)51(5)6)25-46(40-39(45(53)56-46)41(47)43(49)44(50)42(40)48)26-38(30-11-19-34(20-12-30)52(7)8)32-15-23-36(24-16-32)55-28(3)4/h9-28H,1-8H3. The molecule has 0 amide bonds. The van der Waals surface area contributed by atoms with Crippen LogP contribution in [0.3, 0.4) is 0 Å². The van der Waals surface area contributed by atoms with Gasteiger partial charge in [0.2, 0.25) is 0 Å². The van der Waals surface area contributed by atoms with Gasteiger partial charge >= 0.3 is 5.97 Å². The maximum Gasteiger partial charge on any atom is 0.341 e. The molecule has 1 aliphatic heterocycles. The van der Waals surface area contributed by atoms with Crippen molar-refractivity contribution >= 4 is 74.9 Å². The van der Waals surface area contributed by atoms with Gasteiger partial charge in [0.15, 0.2) is 5.60 Å². The number of anilines is 2. The zero-order valence-corrected chi connectivity index (χ0v) is 35.6. The van der Waals surface area contributed by atoms with Crippen LogP contribution in [0.5, 0.6) is 11.5 Å². The summed E-state index contributed by atoms with van der Waals surface area (Å²) < 4.78 is 18.6. The maximum absolute atomic E-state index is 14.2. The van der Waals surface area contributed by atoms with Crippen LogP contribution in [0.4, 0.5) is 11.4 Å². The second-order valence-electron chi connectivity index (χ2n) is 14.6. The lowest BCUT2D eigenvalue weighted by molar-refractivity contribution is 0.0300. The molecular formula is C46H44Cl4N2O4. The summed E-state index contributed by atoms with van der Waals surface area (Å²) in [5.41, 5.74) is 5.63. The Hall–Kier alpha value is -4.59. The molecule has 5 aromatic carbocycles. The number of fused-ring (bicyclic) bond motifs is 1. The Balaban J connectivity index is 1.71. The Bertz CT molecular complexity index is 2160. The van der Waals surface area contributed by atoms with Crippen molar-refractivity contribution in [1.82, 2.24) is 0 Å². The van der Waals surface area contributed by atoms with Gasteiger partial charge in [-0.2, -0.15) is 0 Å². The molecular weight excluding hydrogens is 786 g/mol. The molecule has 0 saturated carbocycles. The van der Waals surface area contributed by atoms with Crippen LogP contribution in [-0.4, -0.2) is 46.4 Å². The van der Waals surface area contributed by atoms with Crippen LogP contribution in [0.1, 0.15) is 65.9 Å². The molecule has 6 nitrogen and oxygen atoms in total. The van der Waals surface area contributed by atoms with E-state index in [1.54, 1.807) is 0 Å². The molecule has 1 heterocycles. The van der Waals surface area contributed by atoms with Gasteiger partial charge in [-0.3, -0.25) is 0 Å². The number of carbonyl (C=O) groups excluding carboxylic acids is 1. The van der Waals surface area contributed by atoms with Crippen molar-refractivity contribution < 1.29 is 19.0 Å². The average molecular weight is 831 g/mol. The molecule has 0 spiro atoms. The van der Waals surface area contributed by atoms with E-state index < -0.39 is 11.6 Å². The fourth-order valence-corrected chi connectivity index (χ4v) is 7.71. The van der Waals surface area contributed by atoms with Gasteiger partial charge in [-0.15, -0.1) is 0 Å². The number of hydrogen-bond acceptors (Lipinski definition) is 6. The minimum absolute atomic E-state index is 0.00285. The highest BCUT2D eigenvalue weighted by molar-refractivity contribution is 6.53. The molecule has 0 bridgehead atoms. The van der Waals surface area contributed by atoms with Crippen molar-refractivity contribution in [1.29, 1.82) is 0 Å². The van der Waals surface area contributed by atoms with Crippen LogP contribution < -0.4 is 19.3 Å². The predicted molar refractivity (Wildman–Crippen MR) is 234 cm³/mol. The highest BCUT2D eigenvalue weighted by Gasteiger charge is 2.48. The summed E-state index contributed by atoms with van der Waals surface area (Å²) in [6.07, 6.45) is 3.82. The molecule has 5 aromatic rings. The van der Waals surface area contributed by atoms with E-state index in [9.17, 15) is 4.79 Å². The Kier molecular flexibility index (Phi) is 12.4. The van der Waals surface area contributed by atoms with E-state index in [0.29, 0.717) is 0 Å². The maximum atomic E-state index is 14.2. The zero-order valence-electron chi connectivity index (χ0n) is 32.6. The molecule has 0 aromatic heterocycles. The van der Waals surface area contributed by atoms with Crippen LogP contribution in [0.25, 0.3) is 11.1 Å². The van der Waals surface area contributed by atoms with Gasteiger partial charge in [-0.05, 0) is 122 Å². The lowest BCUT2D eigenvalue weighted by atomic mass is 9.83. The Morgan fingerprint density at radius 3 is 1.23 bits per heavy atom. The molecule has 290 valence electrons. The second kappa shape index (κ2) is 16.9. The number of benzene rings is 5. The van der Waals surface area contributed by atoms with E-state index in [2.05, 4.69) is 0 Å². The summed E-state index contributed by atoms with van der Waals surface area (Å²) in [5, 5.41) is 0.00301. The summed E-state index contributed by atoms with van der Waals surface area (Å²) in [7, 11) is 7.95. The van der Waals surface area contributed by atoms with E-state index >= 15 is 0 Å². The summed E-state index contributed by atoms with van der Waals surface area (Å²) in [5.74, 6) is 0.759. The molecule has 56 heavy (non-hydrogen) atoms. The van der Waals surface area contributed by atoms with Gasteiger partial charge in [0, 0.05) is 45.1 Å². The second-order valence-corrected chi connectivity index (χ2v) is 16.1. The topological polar surface area (TPSA) is 51.2 Å². The quantitative estimate of drug-likeness (QED) is 0.0709. The number of nitrogens with zero attached hydrogens (tertiary/aromatic N) is 2. The first kappa shape index (κ1) is 41.1. The molecule has 0 N–H and O–H groups in total. The normalized spacial score (nSPS) is 15.6. The predicted octanol–water partition coefficient (Wildman–Crippen LogP) is 12.6. The molecule has 1 aliphatic rings. The van der Waals surface area contributed by atoms with Crippen molar-refractivity contribution in [2.45, 2.75) is 45.5 Å². The molecule has 0 unspecified atom stereocenters. The van der Waals surface area contributed by atoms with E-state index in [1.807, 2.05) is 175 Å². The fraction of sp³-hybridized carbons (Fsp3) is 0.239. The number of esters is 1. The van der Waals surface area contributed by atoms with Crippen LogP contribution in [0, 0.1) is 0 Å². The van der Waals surface area contributed by atoms with Crippen LogP contribution >= 0.6 is 46.4 Å². The van der Waals surface area contributed by atoms with E-state index in [-0.39, 0.29) is 43.4 Å². The lowest BCUT2D eigenvalue weighted by Crippen LogP contribution is -2.23. The molecule has 10 heteroatoms. The monoisotopic (exact) mass is 828 g/mol. The minimum Gasteiger partial charge on any atom is -0.491 e. The summed E-state index contributed by atoms with van der Waals surface area (Å²) in [4.78, 5) is 18.3. The minimum atomic E-state index is -1.65. The number of ether oxygens (including phenoxy) is 3. The number of halogens is 4. The van der Waals surface area contributed by atoms with Crippen molar-refractivity contribution in [2.75, 3.05) is 38.0 Å². The van der Waals surface area contributed by atoms with Gasteiger partial charge in [0.25, 0.3) is 0 Å². The molecule has 0 fully saturated rings. The third kappa shape index (κ3) is 8.54. The lowest BCUT2D eigenvalue weighted by Gasteiger charge is -2.27. The first-order valence-electron chi connectivity index (χ1n) is 18.2. The summed E-state index contributed by atoms with van der Waals surface area (Å²) in [6, 6.07) is 31.9. The van der Waals surface area contributed by atoms with Crippen molar-refractivity contribution in [3.05, 3.63) is 163 Å². The van der Waals surface area contributed by atoms with Gasteiger partial charge in [-0.25, -0.2) is 4.79 Å². The van der Waals surface area contributed by atoms with Gasteiger partial charge < -0.3 is 24.0 Å². The summed E-state index contributed by atoms with van der Waals surface area (Å²) in [6.45, 7) is 7.93. The first-order chi connectivity index (χ1) is 26.6. The smallest absolute Gasteiger partial charge is 0.341 e. The van der Waals surface area contributed by atoms with Crippen molar-refractivity contribution in [2.24, 2.45) is 0 Å². The molecule has 0 radical (unpaired) electrons. The average Bonchev–Trinajstić information content (AvgIpc) is 3.46. The third-order valence-electron chi connectivity index (χ3n) is 9.30. The zero-order chi connectivity index (χ0) is 40.5. The van der Waals surface area contributed by atoms with Crippen LogP contribution in [0.2, 0.25) is 20.1 Å². The summed E-state index contributed by atoms with van der Waals surface area (Å²) >= 11 is 27.4. The molecule has 0 saturated heterocycles. The van der Waals surface area contributed by atoms with Gasteiger partial charge in [-0.1, -0.05) is 94.9 Å². The Morgan fingerprint density at radius 1 is 0.554 bits per heavy atom.